The number of hydrogen-bond acceptors (Lipinski definition) is 3. The second-order valence-electron chi connectivity index (χ2n) is 8.05. The summed E-state index contributed by atoms with van der Waals surface area (Å²) >= 11 is 0. The molecule has 1 aliphatic rings. The summed E-state index contributed by atoms with van der Waals surface area (Å²) in [7, 11) is 0. The molecule has 0 N–H and O–H groups in total. The summed E-state index contributed by atoms with van der Waals surface area (Å²) in [5.41, 5.74) is 4.02. The van der Waals surface area contributed by atoms with E-state index in [9.17, 15) is 14.4 Å². The number of carbonyl (C=O) groups is 3. The van der Waals surface area contributed by atoms with Crippen LogP contribution in [-0.4, -0.2) is 53.7 Å². The molecule has 3 rings (SSSR count). The number of piperazine rings is 1. The SMILES string of the molecule is CCC(=O)N(Cc1ccc(C)cc1)c1ccc(CC(=O)N2CCN(C(C)=O)CC2)cc1. The summed E-state index contributed by atoms with van der Waals surface area (Å²) in [5.74, 6) is 0.185. The lowest BCUT2D eigenvalue weighted by Crippen LogP contribution is -2.50. The molecule has 6 nitrogen and oxygen atoms in total. The highest BCUT2D eigenvalue weighted by atomic mass is 16.2. The first-order chi connectivity index (χ1) is 14.9. The van der Waals surface area contributed by atoms with E-state index in [-0.39, 0.29) is 17.7 Å². The van der Waals surface area contributed by atoms with Gasteiger partial charge in [0.25, 0.3) is 0 Å². The van der Waals surface area contributed by atoms with Gasteiger partial charge in [-0.3, -0.25) is 14.4 Å². The lowest BCUT2D eigenvalue weighted by molar-refractivity contribution is -0.138. The normalized spacial score (nSPS) is 13.8. The van der Waals surface area contributed by atoms with E-state index >= 15 is 0 Å². The Morgan fingerprint density at radius 3 is 1.94 bits per heavy atom. The number of benzene rings is 2. The molecule has 6 heteroatoms. The van der Waals surface area contributed by atoms with E-state index < -0.39 is 0 Å². The third kappa shape index (κ3) is 5.94. The van der Waals surface area contributed by atoms with Crippen LogP contribution >= 0.6 is 0 Å². The van der Waals surface area contributed by atoms with Crippen LogP contribution in [0, 0.1) is 6.92 Å². The van der Waals surface area contributed by atoms with Crippen LogP contribution in [0.3, 0.4) is 0 Å². The van der Waals surface area contributed by atoms with Crippen molar-refractivity contribution >= 4 is 23.4 Å². The number of nitrogens with zero attached hydrogens (tertiary/aromatic N) is 3. The largest absolute Gasteiger partial charge is 0.339 e. The van der Waals surface area contributed by atoms with Gasteiger partial charge in [0, 0.05) is 45.2 Å². The van der Waals surface area contributed by atoms with E-state index in [0.717, 1.165) is 16.8 Å². The zero-order chi connectivity index (χ0) is 22.4. The average molecular weight is 422 g/mol. The van der Waals surface area contributed by atoms with E-state index in [1.807, 2.05) is 55.1 Å². The molecule has 2 aromatic rings. The minimum atomic E-state index is 0.0551. The molecule has 0 radical (unpaired) electrons. The molecule has 1 aliphatic heterocycles. The Bertz CT molecular complexity index is 914. The zero-order valence-electron chi connectivity index (χ0n) is 18.6. The van der Waals surface area contributed by atoms with Crippen LogP contribution in [0.15, 0.2) is 48.5 Å². The fraction of sp³-hybridized carbons (Fsp3) is 0.400. The standard InChI is InChI=1S/C25H31N3O3/c1-4-24(30)28(18-22-7-5-19(2)6-8-22)23-11-9-21(10-12-23)17-25(31)27-15-13-26(14-16-27)20(3)29/h5-12H,4,13-18H2,1-3H3. The molecule has 0 saturated carbocycles. The molecule has 31 heavy (non-hydrogen) atoms. The van der Waals surface area contributed by atoms with E-state index in [0.29, 0.717) is 45.6 Å². The average Bonchev–Trinajstić information content (AvgIpc) is 2.79. The summed E-state index contributed by atoms with van der Waals surface area (Å²) in [6.07, 6.45) is 0.748. The van der Waals surface area contributed by atoms with E-state index in [4.69, 9.17) is 0 Å². The van der Waals surface area contributed by atoms with Crippen molar-refractivity contribution in [3.05, 3.63) is 65.2 Å². The molecule has 0 aliphatic carbocycles. The Morgan fingerprint density at radius 2 is 1.39 bits per heavy atom. The molecule has 1 fully saturated rings. The van der Waals surface area contributed by atoms with Gasteiger partial charge < -0.3 is 14.7 Å². The molecule has 0 spiro atoms. The smallest absolute Gasteiger partial charge is 0.227 e. The lowest BCUT2D eigenvalue weighted by atomic mass is 10.1. The second-order valence-corrected chi connectivity index (χ2v) is 8.05. The van der Waals surface area contributed by atoms with E-state index in [1.54, 1.807) is 16.7 Å². The quantitative estimate of drug-likeness (QED) is 0.720. The first-order valence-electron chi connectivity index (χ1n) is 10.9. The monoisotopic (exact) mass is 421 g/mol. The Morgan fingerprint density at radius 1 is 0.839 bits per heavy atom. The Hall–Kier alpha value is -3.15. The van der Waals surface area contributed by atoms with Gasteiger partial charge in [-0.05, 0) is 30.2 Å². The summed E-state index contributed by atoms with van der Waals surface area (Å²) < 4.78 is 0. The fourth-order valence-electron chi connectivity index (χ4n) is 3.74. The fourth-order valence-corrected chi connectivity index (χ4v) is 3.74. The minimum absolute atomic E-state index is 0.0551. The van der Waals surface area contributed by atoms with E-state index in [1.165, 1.54) is 5.56 Å². The van der Waals surface area contributed by atoms with Gasteiger partial charge in [0.1, 0.15) is 0 Å². The highest BCUT2D eigenvalue weighted by molar-refractivity contribution is 5.93. The first-order valence-corrected chi connectivity index (χ1v) is 10.9. The van der Waals surface area contributed by atoms with Gasteiger partial charge in [0.15, 0.2) is 0 Å². The van der Waals surface area contributed by atoms with Crippen molar-refractivity contribution in [1.29, 1.82) is 0 Å². The molecule has 0 atom stereocenters. The van der Waals surface area contributed by atoms with Gasteiger partial charge in [-0.1, -0.05) is 48.9 Å². The summed E-state index contributed by atoms with van der Waals surface area (Å²) in [6.45, 7) is 8.32. The number of anilines is 1. The lowest BCUT2D eigenvalue weighted by Gasteiger charge is -2.34. The van der Waals surface area contributed by atoms with Crippen molar-refractivity contribution < 1.29 is 14.4 Å². The second kappa shape index (κ2) is 10.2. The highest BCUT2D eigenvalue weighted by Crippen LogP contribution is 2.20. The Labute approximate surface area is 184 Å². The Balaban J connectivity index is 1.64. The van der Waals surface area contributed by atoms with Crippen LogP contribution in [0.5, 0.6) is 0 Å². The predicted molar refractivity (Wildman–Crippen MR) is 122 cm³/mol. The summed E-state index contributed by atoms with van der Waals surface area (Å²) in [6, 6.07) is 15.9. The first kappa shape index (κ1) is 22.5. The summed E-state index contributed by atoms with van der Waals surface area (Å²) in [4.78, 5) is 42.0. The van der Waals surface area contributed by atoms with Gasteiger partial charge in [0.2, 0.25) is 17.7 Å². The molecule has 0 bridgehead atoms. The maximum atomic E-state index is 12.6. The maximum absolute atomic E-state index is 12.6. The van der Waals surface area contributed by atoms with Crippen LogP contribution in [-0.2, 0) is 27.3 Å². The van der Waals surface area contributed by atoms with Crippen molar-refractivity contribution in [2.24, 2.45) is 0 Å². The van der Waals surface area contributed by atoms with Crippen LogP contribution in [0.25, 0.3) is 0 Å². The van der Waals surface area contributed by atoms with Gasteiger partial charge in [-0.15, -0.1) is 0 Å². The van der Waals surface area contributed by atoms with Gasteiger partial charge in [0.05, 0.1) is 13.0 Å². The molecular formula is C25H31N3O3. The van der Waals surface area contributed by atoms with Crippen molar-refractivity contribution in [2.75, 3.05) is 31.1 Å². The third-order valence-electron chi connectivity index (χ3n) is 5.75. The molecule has 0 aromatic heterocycles. The van der Waals surface area contributed by atoms with Crippen LogP contribution in [0.1, 0.15) is 37.0 Å². The number of aryl methyl sites for hydroxylation is 1. The maximum Gasteiger partial charge on any atom is 0.227 e. The topological polar surface area (TPSA) is 60.9 Å². The van der Waals surface area contributed by atoms with Gasteiger partial charge in [-0.25, -0.2) is 0 Å². The Kier molecular flexibility index (Phi) is 7.45. The molecule has 164 valence electrons. The zero-order valence-corrected chi connectivity index (χ0v) is 18.6. The molecule has 0 unspecified atom stereocenters. The van der Waals surface area contributed by atoms with Crippen LogP contribution < -0.4 is 4.90 Å². The van der Waals surface area contributed by atoms with Crippen LogP contribution in [0.4, 0.5) is 5.69 Å². The molecular weight excluding hydrogens is 390 g/mol. The number of hydrogen-bond donors (Lipinski definition) is 0. The highest BCUT2D eigenvalue weighted by Gasteiger charge is 2.22. The molecule has 2 aromatic carbocycles. The van der Waals surface area contributed by atoms with E-state index in [2.05, 4.69) is 12.1 Å². The number of rotatable bonds is 6. The van der Waals surface area contributed by atoms with Gasteiger partial charge in [-0.2, -0.15) is 0 Å². The van der Waals surface area contributed by atoms with Crippen molar-refractivity contribution in [3.63, 3.8) is 0 Å². The molecule has 1 heterocycles. The van der Waals surface area contributed by atoms with Gasteiger partial charge >= 0.3 is 0 Å². The summed E-state index contributed by atoms with van der Waals surface area (Å²) in [5, 5.41) is 0. The number of carbonyl (C=O) groups excluding carboxylic acids is 3. The molecule has 3 amide bonds. The number of amides is 3. The minimum Gasteiger partial charge on any atom is -0.339 e. The van der Waals surface area contributed by atoms with Crippen molar-refractivity contribution in [3.8, 4) is 0 Å². The van der Waals surface area contributed by atoms with Crippen LogP contribution in [0.2, 0.25) is 0 Å². The molecule has 1 saturated heterocycles. The van der Waals surface area contributed by atoms with Crippen molar-refractivity contribution in [2.45, 2.75) is 40.2 Å². The predicted octanol–water partition coefficient (Wildman–Crippen LogP) is 3.17. The third-order valence-corrected chi connectivity index (χ3v) is 5.75. The van der Waals surface area contributed by atoms with Crippen molar-refractivity contribution in [1.82, 2.24) is 9.80 Å².